The second-order valence-corrected chi connectivity index (χ2v) is 8.30. The summed E-state index contributed by atoms with van der Waals surface area (Å²) in [4.78, 5) is 20.7. The molecule has 1 aliphatic heterocycles. The van der Waals surface area contributed by atoms with Gasteiger partial charge in [0, 0.05) is 50.9 Å². The Morgan fingerprint density at radius 1 is 1.00 bits per heavy atom. The van der Waals surface area contributed by atoms with Gasteiger partial charge < -0.3 is 9.73 Å². The van der Waals surface area contributed by atoms with Crippen molar-refractivity contribution in [3.63, 3.8) is 0 Å². The van der Waals surface area contributed by atoms with Crippen LogP contribution in [0, 0.1) is 11.6 Å². The largest absolute Gasteiger partial charge is 0.447 e. The van der Waals surface area contributed by atoms with E-state index in [1.807, 2.05) is 0 Å². The first kappa shape index (κ1) is 24.8. The highest BCUT2D eigenvalue weighted by atomic mass is 19.4. The summed E-state index contributed by atoms with van der Waals surface area (Å²) in [5, 5.41) is 2.54. The second-order valence-electron chi connectivity index (χ2n) is 8.30. The van der Waals surface area contributed by atoms with Crippen LogP contribution in [0.3, 0.4) is 0 Å². The van der Waals surface area contributed by atoms with Gasteiger partial charge in [-0.3, -0.25) is 14.6 Å². The molecule has 35 heavy (non-hydrogen) atoms. The number of hydrogen-bond acceptors (Lipinski definition) is 5. The fourth-order valence-electron chi connectivity index (χ4n) is 3.81. The molecule has 1 saturated heterocycles. The van der Waals surface area contributed by atoms with E-state index in [-0.39, 0.29) is 12.2 Å². The van der Waals surface area contributed by atoms with Crippen molar-refractivity contribution < 1.29 is 31.2 Å². The van der Waals surface area contributed by atoms with Crippen LogP contribution in [0.4, 0.5) is 22.0 Å². The lowest BCUT2D eigenvalue weighted by molar-refractivity contribution is -0.137. The minimum Gasteiger partial charge on any atom is -0.447 e. The van der Waals surface area contributed by atoms with Crippen LogP contribution in [-0.4, -0.2) is 46.9 Å². The average Bonchev–Trinajstić information content (AvgIpc) is 3.29. The number of carbonyl (C=O) groups is 1. The minimum atomic E-state index is -4.45. The molecule has 0 bridgehead atoms. The number of benzene rings is 2. The van der Waals surface area contributed by atoms with Crippen LogP contribution in [-0.2, 0) is 25.8 Å². The fourth-order valence-corrected chi connectivity index (χ4v) is 3.81. The number of nitrogens with zero attached hydrogens (tertiary/aromatic N) is 3. The van der Waals surface area contributed by atoms with E-state index in [1.165, 1.54) is 30.5 Å². The quantitative estimate of drug-likeness (QED) is 0.499. The van der Waals surface area contributed by atoms with Gasteiger partial charge >= 0.3 is 6.18 Å². The number of carbonyl (C=O) groups excluding carboxylic acids is 1. The van der Waals surface area contributed by atoms with E-state index < -0.39 is 29.3 Å². The summed E-state index contributed by atoms with van der Waals surface area (Å²) >= 11 is 0. The molecule has 0 aliphatic carbocycles. The monoisotopic (exact) mass is 494 g/mol. The number of amides is 1. The topological polar surface area (TPSA) is 61.6 Å². The van der Waals surface area contributed by atoms with Gasteiger partial charge in [0.25, 0.3) is 5.91 Å². The van der Waals surface area contributed by atoms with Crippen LogP contribution in [0.25, 0.3) is 0 Å². The summed E-state index contributed by atoms with van der Waals surface area (Å²) in [6.45, 7) is 3.35. The number of halogens is 5. The number of alkyl halides is 3. The first-order valence-corrected chi connectivity index (χ1v) is 10.9. The second kappa shape index (κ2) is 10.5. The van der Waals surface area contributed by atoms with Gasteiger partial charge in [-0.2, -0.15) is 13.2 Å². The molecule has 0 radical (unpaired) electrons. The van der Waals surface area contributed by atoms with Crippen molar-refractivity contribution >= 4 is 5.91 Å². The maximum atomic E-state index is 13.9. The molecule has 6 nitrogen and oxygen atoms in total. The van der Waals surface area contributed by atoms with E-state index in [2.05, 4.69) is 20.1 Å². The smallest absolute Gasteiger partial charge is 0.416 e. The Bertz CT molecular complexity index is 1170. The molecule has 1 amide bonds. The van der Waals surface area contributed by atoms with Gasteiger partial charge in [-0.15, -0.1) is 0 Å². The number of hydrogen-bond donors (Lipinski definition) is 1. The molecule has 1 aliphatic rings. The Balaban J connectivity index is 1.24. The van der Waals surface area contributed by atoms with Crippen molar-refractivity contribution in [2.75, 3.05) is 26.2 Å². The molecular weight excluding hydrogens is 471 g/mol. The normalized spacial score (nSPS) is 15.3. The first-order chi connectivity index (χ1) is 16.7. The minimum absolute atomic E-state index is 0.0393. The van der Waals surface area contributed by atoms with Crippen LogP contribution >= 0.6 is 0 Å². The Morgan fingerprint density at radius 3 is 2.40 bits per heavy atom. The number of piperazine rings is 1. The van der Waals surface area contributed by atoms with Gasteiger partial charge in [0.1, 0.15) is 17.9 Å². The van der Waals surface area contributed by atoms with E-state index >= 15 is 0 Å². The molecule has 0 atom stereocenters. The number of oxazole rings is 1. The molecule has 0 unspecified atom stereocenters. The molecule has 2 heterocycles. The zero-order chi connectivity index (χ0) is 25.0. The van der Waals surface area contributed by atoms with Gasteiger partial charge in [0.2, 0.25) is 5.89 Å². The summed E-state index contributed by atoms with van der Waals surface area (Å²) in [5.41, 5.74) is 0.0110. The third-order valence-electron chi connectivity index (χ3n) is 5.72. The molecular formula is C24H23F5N4O2. The average molecular weight is 494 g/mol. The molecule has 0 spiro atoms. The Hall–Kier alpha value is -3.31. The van der Waals surface area contributed by atoms with Crippen molar-refractivity contribution in [1.82, 2.24) is 20.1 Å². The highest BCUT2D eigenvalue weighted by Gasteiger charge is 2.30. The maximum absolute atomic E-state index is 13.9. The molecule has 186 valence electrons. The molecule has 11 heteroatoms. The van der Waals surface area contributed by atoms with E-state index in [0.29, 0.717) is 56.3 Å². The Labute approximate surface area is 198 Å². The van der Waals surface area contributed by atoms with E-state index in [9.17, 15) is 26.7 Å². The standard InChI is InChI=1S/C24H23F5N4O2/c25-19-5-4-17(20(26)11-19)13-32-6-8-33(9-7-32)14-22-31-21(15-35-22)23(34)30-12-16-2-1-3-18(10-16)24(27,28)29/h1-5,10-11,15H,6-9,12-14H2,(H,30,34). The van der Waals surface area contributed by atoms with Crippen LogP contribution in [0.2, 0.25) is 0 Å². The van der Waals surface area contributed by atoms with Gasteiger partial charge in [0.15, 0.2) is 5.69 Å². The Kier molecular flexibility index (Phi) is 7.46. The number of rotatable bonds is 7. The third-order valence-corrected chi connectivity index (χ3v) is 5.72. The third kappa shape index (κ3) is 6.64. The van der Waals surface area contributed by atoms with E-state index in [4.69, 9.17) is 4.42 Å². The molecule has 0 saturated carbocycles. The molecule has 4 rings (SSSR count). The lowest BCUT2D eigenvalue weighted by Gasteiger charge is -2.34. The van der Waals surface area contributed by atoms with Gasteiger partial charge in [0.05, 0.1) is 12.1 Å². The van der Waals surface area contributed by atoms with Crippen LogP contribution in [0.5, 0.6) is 0 Å². The summed E-state index contributed by atoms with van der Waals surface area (Å²) in [5.74, 6) is -1.38. The van der Waals surface area contributed by atoms with Crippen LogP contribution in [0.1, 0.15) is 33.1 Å². The first-order valence-electron chi connectivity index (χ1n) is 10.9. The van der Waals surface area contributed by atoms with Gasteiger partial charge in [-0.25, -0.2) is 13.8 Å². The van der Waals surface area contributed by atoms with Crippen molar-refractivity contribution in [2.24, 2.45) is 0 Å². The zero-order valence-corrected chi connectivity index (χ0v) is 18.6. The lowest BCUT2D eigenvalue weighted by atomic mass is 10.1. The van der Waals surface area contributed by atoms with E-state index in [0.717, 1.165) is 18.2 Å². The predicted octanol–water partition coefficient (Wildman–Crippen LogP) is 4.22. The zero-order valence-electron chi connectivity index (χ0n) is 18.6. The van der Waals surface area contributed by atoms with Crippen LogP contribution in [0.15, 0.2) is 53.1 Å². The SMILES string of the molecule is O=C(NCc1cccc(C(F)(F)F)c1)c1coc(CN2CCN(Cc3ccc(F)cc3F)CC2)n1. The summed E-state index contributed by atoms with van der Waals surface area (Å²) in [6.07, 6.45) is -3.24. The van der Waals surface area contributed by atoms with E-state index in [1.54, 1.807) is 0 Å². The number of aromatic nitrogens is 1. The molecule has 1 fully saturated rings. The molecule has 3 aromatic rings. The van der Waals surface area contributed by atoms with Crippen molar-refractivity contribution in [3.8, 4) is 0 Å². The number of nitrogens with one attached hydrogen (secondary N) is 1. The summed E-state index contributed by atoms with van der Waals surface area (Å²) in [6, 6.07) is 8.30. The fraction of sp³-hybridized carbons (Fsp3) is 0.333. The molecule has 1 N–H and O–H groups in total. The van der Waals surface area contributed by atoms with Gasteiger partial charge in [-0.1, -0.05) is 18.2 Å². The van der Waals surface area contributed by atoms with Crippen LogP contribution < -0.4 is 5.32 Å². The highest BCUT2D eigenvalue weighted by molar-refractivity contribution is 5.91. The predicted molar refractivity (Wildman–Crippen MR) is 116 cm³/mol. The van der Waals surface area contributed by atoms with Crippen molar-refractivity contribution in [1.29, 1.82) is 0 Å². The maximum Gasteiger partial charge on any atom is 0.416 e. The van der Waals surface area contributed by atoms with Crippen molar-refractivity contribution in [3.05, 3.63) is 88.6 Å². The molecule has 1 aromatic heterocycles. The van der Waals surface area contributed by atoms with Crippen molar-refractivity contribution in [2.45, 2.75) is 25.8 Å². The Morgan fingerprint density at radius 2 is 1.71 bits per heavy atom. The molecule has 2 aromatic carbocycles. The highest BCUT2D eigenvalue weighted by Crippen LogP contribution is 2.29. The van der Waals surface area contributed by atoms with Gasteiger partial charge in [-0.05, 0) is 23.8 Å². The summed E-state index contributed by atoms with van der Waals surface area (Å²) < 4.78 is 70.8. The summed E-state index contributed by atoms with van der Waals surface area (Å²) in [7, 11) is 0. The lowest BCUT2D eigenvalue weighted by Crippen LogP contribution is -2.45.